The fourth-order valence-electron chi connectivity index (χ4n) is 3.39. The van der Waals surface area contributed by atoms with Crippen molar-refractivity contribution >= 4 is 29.5 Å². The molecule has 0 atom stereocenters. The number of nitrogens with one attached hydrogen (secondary N) is 2. The van der Waals surface area contributed by atoms with Crippen LogP contribution in [0.3, 0.4) is 0 Å². The van der Waals surface area contributed by atoms with Crippen LogP contribution in [0.1, 0.15) is 52.0 Å². The largest absolute Gasteiger partial charge is 0.444 e. The van der Waals surface area contributed by atoms with Crippen molar-refractivity contribution < 1.29 is 19.1 Å². The summed E-state index contributed by atoms with van der Waals surface area (Å²) in [5.41, 5.74) is 0.551. The summed E-state index contributed by atoms with van der Waals surface area (Å²) in [5.74, 6) is 0.436. The maximum Gasteiger partial charge on any atom is 0.407 e. The molecule has 1 fully saturated rings. The van der Waals surface area contributed by atoms with Gasteiger partial charge in [0.15, 0.2) is 0 Å². The van der Waals surface area contributed by atoms with E-state index < -0.39 is 11.7 Å². The highest BCUT2D eigenvalue weighted by atomic mass is 35.5. The number of piperidine rings is 1. The van der Waals surface area contributed by atoms with E-state index >= 15 is 0 Å². The Balaban J connectivity index is 1.57. The van der Waals surface area contributed by atoms with Crippen molar-refractivity contribution in [1.29, 1.82) is 0 Å². The highest BCUT2D eigenvalue weighted by molar-refractivity contribution is 6.30. The third-order valence-electron chi connectivity index (χ3n) is 5.12. The average Bonchev–Trinajstić information content (AvgIpc) is 2.70. The Bertz CT molecular complexity index is 738. The number of carbonyl (C=O) groups excluding carboxylic acids is 3. The van der Waals surface area contributed by atoms with Crippen molar-refractivity contribution in [3.05, 3.63) is 34.9 Å². The van der Waals surface area contributed by atoms with E-state index in [4.69, 9.17) is 16.3 Å². The van der Waals surface area contributed by atoms with Gasteiger partial charge in [-0.15, -0.1) is 0 Å². The standard InChI is InChI=1S/C23H34ClN3O4/c1-23(2,3)31-22(30)25-13-10-20(28)26-16-18-11-14-27(15-12-18)21(29)9-6-17-4-7-19(24)8-5-17/h4-5,7-8,18H,6,9-16H2,1-3H3,(H,25,30)(H,26,28). The number of ether oxygens (including phenoxy) is 1. The molecule has 2 N–H and O–H groups in total. The fraction of sp³-hybridized carbons (Fsp3) is 0.609. The quantitative estimate of drug-likeness (QED) is 0.632. The molecule has 8 heteroatoms. The SMILES string of the molecule is CC(C)(C)OC(=O)NCCC(=O)NCC1CCN(C(=O)CCc2ccc(Cl)cc2)CC1. The number of hydrogen-bond donors (Lipinski definition) is 2. The lowest BCUT2D eigenvalue weighted by Crippen LogP contribution is -2.42. The lowest BCUT2D eigenvalue weighted by molar-refractivity contribution is -0.132. The van der Waals surface area contributed by atoms with Gasteiger partial charge in [-0.25, -0.2) is 4.79 Å². The van der Waals surface area contributed by atoms with Gasteiger partial charge in [0.05, 0.1) is 0 Å². The van der Waals surface area contributed by atoms with Gasteiger partial charge in [-0.2, -0.15) is 0 Å². The molecule has 0 spiro atoms. The van der Waals surface area contributed by atoms with Crippen LogP contribution in [0.25, 0.3) is 0 Å². The summed E-state index contributed by atoms with van der Waals surface area (Å²) >= 11 is 5.89. The highest BCUT2D eigenvalue weighted by Gasteiger charge is 2.23. The molecule has 1 aromatic carbocycles. The van der Waals surface area contributed by atoms with E-state index in [1.165, 1.54) is 0 Å². The number of benzene rings is 1. The van der Waals surface area contributed by atoms with Crippen molar-refractivity contribution in [1.82, 2.24) is 15.5 Å². The summed E-state index contributed by atoms with van der Waals surface area (Å²) < 4.78 is 5.13. The molecule has 0 bridgehead atoms. The molecule has 0 aliphatic carbocycles. The molecule has 1 aliphatic heterocycles. The van der Waals surface area contributed by atoms with Crippen LogP contribution < -0.4 is 10.6 Å². The molecule has 0 saturated carbocycles. The van der Waals surface area contributed by atoms with Gasteiger partial charge in [-0.3, -0.25) is 9.59 Å². The minimum absolute atomic E-state index is 0.0995. The summed E-state index contributed by atoms with van der Waals surface area (Å²) in [6, 6.07) is 7.59. The first-order chi connectivity index (χ1) is 14.6. The molecule has 0 aromatic heterocycles. The van der Waals surface area contributed by atoms with Crippen LogP contribution in [-0.4, -0.2) is 54.6 Å². The second-order valence-corrected chi connectivity index (χ2v) is 9.37. The van der Waals surface area contributed by atoms with E-state index in [0.717, 1.165) is 31.5 Å². The first-order valence-electron chi connectivity index (χ1n) is 10.9. The zero-order chi connectivity index (χ0) is 22.9. The molecule has 0 unspecified atom stereocenters. The predicted molar refractivity (Wildman–Crippen MR) is 121 cm³/mol. The summed E-state index contributed by atoms with van der Waals surface area (Å²) in [4.78, 5) is 37.9. The van der Waals surface area contributed by atoms with Crippen molar-refractivity contribution in [3.63, 3.8) is 0 Å². The van der Waals surface area contributed by atoms with E-state index in [1.807, 2.05) is 29.2 Å². The van der Waals surface area contributed by atoms with Gasteiger partial charge in [-0.05, 0) is 63.6 Å². The lowest BCUT2D eigenvalue weighted by atomic mass is 9.96. The molecule has 3 amide bonds. The van der Waals surface area contributed by atoms with Gasteiger partial charge < -0.3 is 20.3 Å². The molecule has 1 aliphatic rings. The number of alkyl carbamates (subject to hydrolysis) is 1. The smallest absolute Gasteiger partial charge is 0.407 e. The van der Waals surface area contributed by atoms with Crippen LogP contribution in [-0.2, 0) is 20.7 Å². The Labute approximate surface area is 189 Å². The van der Waals surface area contributed by atoms with Crippen LogP contribution in [0, 0.1) is 5.92 Å². The molecule has 0 radical (unpaired) electrons. The first-order valence-corrected chi connectivity index (χ1v) is 11.3. The molecule has 1 aromatic rings. The summed E-state index contributed by atoms with van der Waals surface area (Å²) in [6.45, 7) is 7.65. The number of likely N-dealkylation sites (tertiary alicyclic amines) is 1. The summed E-state index contributed by atoms with van der Waals surface area (Å²) in [5, 5.41) is 6.20. The van der Waals surface area contributed by atoms with Gasteiger partial charge in [0, 0.05) is 44.0 Å². The summed E-state index contributed by atoms with van der Waals surface area (Å²) in [6.07, 6.45) is 2.65. The molecule has 1 saturated heterocycles. The number of aryl methyl sites for hydroxylation is 1. The monoisotopic (exact) mass is 451 g/mol. The highest BCUT2D eigenvalue weighted by Crippen LogP contribution is 2.18. The Hall–Kier alpha value is -2.28. The number of halogens is 1. The third-order valence-corrected chi connectivity index (χ3v) is 5.37. The second kappa shape index (κ2) is 11.9. The first kappa shape index (κ1) is 25.0. The number of carbonyl (C=O) groups is 3. The zero-order valence-corrected chi connectivity index (χ0v) is 19.5. The maximum absolute atomic E-state index is 12.5. The van der Waals surface area contributed by atoms with Crippen LogP contribution in [0.4, 0.5) is 4.79 Å². The lowest BCUT2D eigenvalue weighted by Gasteiger charge is -2.32. The number of hydrogen-bond acceptors (Lipinski definition) is 4. The van der Waals surface area contributed by atoms with E-state index in [2.05, 4.69) is 10.6 Å². The Kier molecular flexibility index (Phi) is 9.62. The van der Waals surface area contributed by atoms with Gasteiger partial charge in [0.2, 0.25) is 11.8 Å². The Morgan fingerprint density at radius 1 is 1.06 bits per heavy atom. The number of amides is 3. The molecule has 7 nitrogen and oxygen atoms in total. The molecule has 172 valence electrons. The van der Waals surface area contributed by atoms with Crippen LogP contribution >= 0.6 is 11.6 Å². The average molecular weight is 452 g/mol. The van der Waals surface area contributed by atoms with Gasteiger partial charge in [-0.1, -0.05) is 23.7 Å². The van der Waals surface area contributed by atoms with E-state index in [9.17, 15) is 14.4 Å². The second-order valence-electron chi connectivity index (χ2n) is 8.93. The molecular weight excluding hydrogens is 418 g/mol. The van der Waals surface area contributed by atoms with Gasteiger partial charge >= 0.3 is 6.09 Å². The van der Waals surface area contributed by atoms with Gasteiger partial charge in [0.1, 0.15) is 5.60 Å². The third kappa shape index (κ3) is 10.0. The number of rotatable bonds is 8. The van der Waals surface area contributed by atoms with Crippen LogP contribution in [0.15, 0.2) is 24.3 Å². The molecule has 31 heavy (non-hydrogen) atoms. The zero-order valence-electron chi connectivity index (χ0n) is 18.7. The molecular formula is C23H34ClN3O4. The van der Waals surface area contributed by atoms with Crippen LogP contribution in [0.2, 0.25) is 5.02 Å². The minimum atomic E-state index is -0.557. The summed E-state index contributed by atoms with van der Waals surface area (Å²) in [7, 11) is 0. The number of nitrogens with zero attached hydrogens (tertiary/aromatic N) is 1. The van der Waals surface area contributed by atoms with E-state index in [1.54, 1.807) is 20.8 Å². The van der Waals surface area contributed by atoms with Crippen molar-refractivity contribution in [2.75, 3.05) is 26.2 Å². The molecule has 2 rings (SSSR count). The fourth-order valence-corrected chi connectivity index (χ4v) is 3.51. The van der Waals surface area contributed by atoms with E-state index in [0.29, 0.717) is 30.3 Å². The predicted octanol–water partition coefficient (Wildman–Crippen LogP) is 3.54. The van der Waals surface area contributed by atoms with Gasteiger partial charge in [0.25, 0.3) is 0 Å². The Morgan fingerprint density at radius 3 is 2.32 bits per heavy atom. The van der Waals surface area contributed by atoms with Crippen molar-refractivity contribution in [2.45, 2.75) is 58.5 Å². The van der Waals surface area contributed by atoms with Crippen LogP contribution in [0.5, 0.6) is 0 Å². The topological polar surface area (TPSA) is 87.7 Å². The Morgan fingerprint density at radius 2 is 1.71 bits per heavy atom. The molecule has 1 heterocycles. The normalized spacial score (nSPS) is 14.8. The minimum Gasteiger partial charge on any atom is -0.444 e. The maximum atomic E-state index is 12.5. The van der Waals surface area contributed by atoms with Crippen molar-refractivity contribution in [2.24, 2.45) is 5.92 Å². The van der Waals surface area contributed by atoms with E-state index in [-0.39, 0.29) is 24.8 Å². The van der Waals surface area contributed by atoms with Crippen molar-refractivity contribution in [3.8, 4) is 0 Å².